The van der Waals surface area contributed by atoms with E-state index in [1.807, 2.05) is 0 Å². The number of aromatic nitrogens is 1. The summed E-state index contributed by atoms with van der Waals surface area (Å²) < 4.78 is 2.43. The first-order chi connectivity index (χ1) is 8.83. The minimum atomic E-state index is 0.525. The van der Waals surface area contributed by atoms with E-state index in [1.54, 1.807) is 0 Å². The molecule has 1 aliphatic carbocycles. The van der Waals surface area contributed by atoms with Gasteiger partial charge in [0.05, 0.1) is 12.7 Å². The van der Waals surface area contributed by atoms with Gasteiger partial charge in [-0.05, 0) is 30.5 Å². The molecule has 0 saturated heterocycles. The van der Waals surface area contributed by atoms with Crippen LogP contribution in [0, 0.1) is 12.8 Å². The van der Waals surface area contributed by atoms with Crippen LogP contribution < -0.4 is 9.88 Å². The van der Waals surface area contributed by atoms with Gasteiger partial charge in [-0.25, -0.2) is 4.57 Å². The van der Waals surface area contributed by atoms with E-state index < -0.39 is 0 Å². The zero-order chi connectivity index (χ0) is 12.1. The van der Waals surface area contributed by atoms with E-state index in [9.17, 15) is 0 Å². The molecule has 0 saturated carbocycles. The number of rotatable bonds is 0. The Balaban J connectivity index is 1.92. The van der Waals surface area contributed by atoms with Crippen molar-refractivity contribution in [3.8, 4) is 0 Å². The summed E-state index contributed by atoms with van der Waals surface area (Å²) in [7, 11) is 0. The second-order valence-corrected chi connectivity index (χ2v) is 5.49. The van der Waals surface area contributed by atoms with E-state index in [4.69, 9.17) is 0 Å². The second-order valence-electron chi connectivity index (χ2n) is 5.49. The van der Waals surface area contributed by atoms with E-state index in [-0.39, 0.29) is 0 Å². The minimum absolute atomic E-state index is 0.525. The fraction of sp³-hybridized carbons (Fsp3) is 0.312. The summed E-state index contributed by atoms with van der Waals surface area (Å²) in [4.78, 5) is 0. The van der Waals surface area contributed by atoms with Gasteiger partial charge in [-0.15, -0.1) is 0 Å². The standard InChI is InChI=1S/C16H16N2/c1-11-6-7-15-17-9-13-8-12-4-2-3-5-14(12)16(13)18(15)10-11/h2-7,10,13,16H,8-9H2,1H3/p+1/t13-,16+/m0/s1. The molecule has 0 radical (unpaired) electrons. The summed E-state index contributed by atoms with van der Waals surface area (Å²) in [5.41, 5.74) is 4.36. The predicted molar refractivity (Wildman–Crippen MR) is 71.6 cm³/mol. The largest absolute Gasteiger partial charge is 0.274 e. The quantitative estimate of drug-likeness (QED) is 0.696. The van der Waals surface area contributed by atoms with Crippen LogP contribution in [-0.4, -0.2) is 6.54 Å². The summed E-state index contributed by atoms with van der Waals surface area (Å²) in [6, 6.07) is 13.8. The van der Waals surface area contributed by atoms with Gasteiger partial charge in [0.1, 0.15) is 6.04 Å². The molecule has 2 heterocycles. The third-order valence-electron chi connectivity index (χ3n) is 4.27. The SMILES string of the molecule is Cc1ccc2[n+](c1)[C@H]1c3ccccc3C[C@H]1CN2. The number of fused-ring (bicyclic) bond motifs is 5. The van der Waals surface area contributed by atoms with Gasteiger partial charge in [-0.3, -0.25) is 5.32 Å². The Morgan fingerprint density at radius 3 is 3.00 bits per heavy atom. The molecule has 0 unspecified atom stereocenters. The lowest BCUT2D eigenvalue weighted by atomic mass is 9.97. The van der Waals surface area contributed by atoms with Crippen molar-refractivity contribution >= 4 is 5.82 Å². The zero-order valence-electron chi connectivity index (χ0n) is 10.6. The fourth-order valence-electron chi connectivity index (χ4n) is 3.46. The third-order valence-corrected chi connectivity index (χ3v) is 4.27. The van der Waals surface area contributed by atoms with Gasteiger partial charge in [0.25, 0.3) is 5.82 Å². The fourth-order valence-corrected chi connectivity index (χ4v) is 3.46. The normalized spacial score (nSPS) is 23.8. The van der Waals surface area contributed by atoms with Gasteiger partial charge in [-0.1, -0.05) is 24.3 Å². The van der Waals surface area contributed by atoms with E-state index in [0.29, 0.717) is 12.0 Å². The number of nitrogens with zero attached hydrogens (tertiary/aromatic N) is 1. The van der Waals surface area contributed by atoms with Crippen LogP contribution in [0.5, 0.6) is 0 Å². The molecule has 2 atom stereocenters. The number of anilines is 1. The molecule has 1 aliphatic heterocycles. The minimum Gasteiger partial charge on any atom is -0.274 e. The van der Waals surface area contributed by atoms with E-state index >= 15 is 0 Å². The highest BCUT2D eigenvalue weighted by atomic mass is 15.2. The zero-order valence-corrected chi connectivity index (χ0v) is 10.6. The number of pyridine rings is 1. The molecule has 0 amide bonds. The Bertz CT molecular complexity index is 618. The molecule has 0 spiro atoms. The van der Waals surface area contributed by atoms with Crippen LogP contribution in [0.1, 0.15) is 22.7 Å². The van der Waals surface area contributed by atoms with Gasteiger partial charge >= 0.3 is 0 Å². The number of hydrogen-bond acceptors (Lipinski definition) is 1. The highest BCUT2D eigenvalue weighted by molar-refractivity contribution is 5.39. The molecule has 1 N–H and O–H groups in total. The summed E-state index contributed by atoms with van der Waals surface area (Å²) in [5.74, 6) is 1.94. The van der Waals surface area contributed by atoms with Gasteiger partial charge in [0, 0.05) is 17.5 Å². The van der Waals surface area contributed by atoms with Gasteiger partial charge in [0.15, 0.2) is 0 Å². The van der Waals surface area contributed by atoms with Crippen LogP contribution in [0.25, 0.3) is 0 Å². The Labute approximate surface area is 107 Å². The average molecular weight is 237 g/mol. The van der Waals surface area contributed by atoms with Crippen molar-refractivity contribution in [2.24, 2.45) is 5.92 Å². The maximum atomic E-state index is 3.56. The van der Waals surface area contributed by atoms with Crippen molar-refractivity contribution in [3.05, 3.63) is 59.3 Å². The van der Waals surface area contributed by atoms with Crippen molar-refractivity contribution in [1.29, 1.82) is 0 Å². The lowest BCUT2D eigenvalue weighted by Gasteiger charge is -2.25. The van der Waals surface area contributed by atoms with Crippen LogP contribution in [0.3, 0.4) is 0 Å². The first-order valence-electron chi connectivity index (χ1n) is 6.66. The highest BCUT2D eigenvalue weighted by Crippen LogP contribution is 2.38. The second kappa shape index (κ2) is 3.58. The number of nitrogens with one attached hydrogen (secondary N) is 1. The molecule has 4 rings (SSSR count). The molecule has 1 aromatic carbocycles. The average Bonchev–Trinajstić information content (AvgIpc) is 2.77. The maximum absolute atomic E-state index is 3.56. The molecular weight excluding hydrogens is 220 g/mol. The number of hydrogen-bond donors (Lipinski definition) is 1. The summed E-state index contributed by atoms with van der Waals surface area (Å²) in [5, 5.41) is 3.56. The van der Waals surface area contributed by atoms with Crippen LogP contribution in [0.2, 0.25) is 0 Å². The van der Waals surface area contributed by atoms with E-state index in [0.717, 1.165) is 6.54 Å². The van der Waals surface area contributed by atoms with Gasteiger partial charge in [-0.2, -0.15) is 0 Å². The predicted octanol–water partition coefficient (Wildman–Crippen LogP) is 2.47. The first kappa shape index (κ1) is 10.1. The molecule has 2 aliphatic rings. The maximum Gasteiger partial charge on any atom is 0.274 e. The molecule has 18 heavy (non-hydrogen) atoms. The Hall–Kier alpha value is -1.83. The first-order valence-corrected chi connectivity index (χ1v) is 6.66. The van der Waals surface area contributed by atoms with Crippen molar-refractivity contribution in [2.75, 3.05) is 11.9 Å². The Kier molecular flexibility index (Phi) is 2.01. The van der Waals surface area contributed by atoms with Crippen molar-refractivity contribution < 1.29 is 4.57 Å². The molecule has 1 aromatic heterocycles. The Morgan fingerprint density at radius 1 is 1.17 bits per heavy atom. The lowest BCUT2D eigenvalue weighted by molar-refractivity contribution is -0.709. The van der Waals surface area contributed by atoms with Crippen molar-refractivity contribution in [1.82, 2.24) is 0 Å². The van der Waals surface area contributed by atoms with Crippen LogP contribution in [0.15, 0.2) is 42.6 Å². The number of benzene rings is 1. The Morgan fingerprint density at radius 2 is 2.06 bits per heavy atom. The third kappa shape index (κ3) is 1.32. The highest BCUT2D eigenvalue weighted by Gasteiger charge is 2.41. The van der Waals surface area contributed by atoms with Crippen LogP contribution >= 0.6 is 0 Å². The molecular formula is C16H17N2+. The van der Waals surface area contributed by atoms with E-state index in [1.165, 1.54) is 28.9 Å². The van der Waals surface area contributed by atoms with Crippen molar-refractivity contribution in [2.45, 2.75) is 19.4 Å². The number of aryl methyl sites for hydroxylation is 1. The summed E-state index contributed by atoms with van der Waals surface area (Å²) in [6.07, 6.45) is 3.48. The molecule has 0 bridgehead atoms. The van der Waals surface area contributed by atoms with Crippen molar-refractivity contribution in [3.63, 3.8) is 0 Å². The lowest BCUT2D eigenvalue weighted by Crippen LogP contribution is -2.50. The molecule has 2 heteroatoms. The molecule has 90 valence electrons. The van der Waals surface area contributed by atoms with E-state index in [2.05, 4.69) is 59.4 Å². The smallest absolute Gasteiger partial charge is 0.274 e. The molecule has 2 nitrogen and oxygen atoms in total. The summed E-state index contributed by atoms with van der Waals surface area (Å²) in [6.45, 7) is 3.25. The molecule has 0 fully saturated rings. The topological polar surface area (TPSA) is 15.9 Å². The van der Waals surface area contributed by atoms with Crippen LogP contribution in [-0.2, 0) is 6.42 Å². The summed E-state index contributed by atoms with van der Waals surface area (Å²) >= 11 is 0. The molecule has 2 aromatic rings. The monoisotopic (exact) mass is 237 g/mol. The van der Waals surface area contributed by atoms with Gasteiger partial charge < -0.3 is 0 Å². The van der Waals surface area contributed by atoms with Gasteiger partial charge in [0.2, 0.25) is 0 Å². The van der Waals surface area contributed by atoms with Crippen LogP contribution in [0.4, 0.5) is 5.82 Å².